The first-order chi connectivity index (χ1) is 8.63. The van der Waals surface area contributed by atoms with Gasteiger partial charge in [-0.25, -0.2) is 0 Å². The lowest BCUT2D eigenvalue weighted by molar-refractivity contribution is -0.380. The summed E-state index contributed by atoms with van der Waals surface area (Å²) in [7, 11) is 0. The highest BCUT2D eigenvalue weighted by Crippen LogP contribution is 2.29. The second kappa shape index (κ2) is 4.33. The molecule has 1 N–H and O–H groups in total. The molecule has 3 heterocycles. The Morgan fingerprint density at radius 2 is 2.33 bits per heavy atom. The van der Waals surface area contributed by atoms with Gasteiger partial charge >= 0.3 is 5.00 Å². The molecule has 1 unspecified atom stereocenters. The minimum Gasteiger partial charge on any atom is -0.347 e. The van der Waals surface area contributed by atoms with Crippen molar-refractivity contribution in [1.29, 1.82) is 0 Å². The zero-order valence-electron chi connectivity index (χ0n) is 9.67. The normalized spacial score (nSPS) is 29.4. The molecule has 3 atom stereocenters. The number of amides is 1. The van der Waals surface area contributed by atoms with Gasteiger partial charge in [0.1, 0.15) is 0 Å². The van der Waals surface area contributed by atoms with Crippen molar-refractivity contribution in [3.8, 4) is 0 Å². The Kier molecular flexibility index (Phi) is 2.79. The van der Waals surface area contributed by atoms with Crippen LogP contribution in [0.2, 0.25) is 0 Å². The molecule has 7 heteroatoms. The Balaban J connectivity index is 1.65. The van der Waals surface area contributed by atoms with E-state index in [4.69, 9.17) is 0 Å². The number of rotatable bonds is 3. The molecule has 0 saturated carbocycles. The van der Waals surface area contributed by atoms with Crippen molar-refractivity contribution in [3.05, 3.63) is 27.1 Å². The third-order valence-corrected chi connectivity index (χ3v) is 4.68. The maximum Gasteiger partial charge on any atom is 0.324 e. The van der Waals surface area contributed by atoms with Crippen molar-refractivity contribution in [1.82, 2.24) is 10.2 Å². The van der Waals surface area contributed by atoms with E-state index in [2.05, 4.69) is 10.2 Å². The minimum absolute atomic E-state index is 0.0110. The van der Waals surface area contributed by atoms with E-state index < -0.39 is 4.92 Å². The van der Waals surface area contributed by atoms with Gasteiger partial charge in [-0.2, -0.15) is 0 Å². The van der Waals surface area contributed by atoms with Crippen LogP contribution in [0.25, 0.3) is 0 Å². The van der Waals surface area contributed by atoms with Crippen LogP contribution in [0.5, 0.6) is 0 Å². The molecule has 1 aromatic heterocycles. The maximum absolute atomic E-state index is 12.0. The highest BCUT2D eigenvalue weighted by atomic mass is 32.1. The Hall–Kier alpha value is -1.47. The van der Waals surface area contributed by atoms with E-state index in [1.807, 2.05) is 0 Å². The second-order valence-corrected chi connectivity index (χ2v) is 5.85. The fourth-order valence-corrected chi connectivity index (χ4v) is 3.46. The van der Waals surface area contributed by atoms with Crippen LogP contribution in [0.3, 0.4) is 0 Å². The molecule has 0 radical (unpaired) electrons. The van der Waals surface area contributed by atoms with E-state index in [-0.39, 0.29) is 17.0 Å². The monoisotopic (exact) mass is 267 g/mol. The first-order valence-electron chi connectivity index (χ1n) is 5.91. The highest BCUT2D eigenvalue weighted by molar-refractivity contribution is 7.17. The van der Waals surface area contributed by atoms with Gasteiger partial charge in [0, 0.05) is 25.2 Å². The van der Waals surface area contributed by atoms with Gasteiger partial charge in [-0.3, -0.25) is 14.9 Å². The summed E-state index contributed by atoms with van der Waals surface area (Å²) < 4.78 is 0. The summed E-state index contributed by atoms with van der Waals surface area (Å²) in [5, 5.41) is 13.6. The van der Waals surface area contributed by atoms with Gasteiger partial charge in [0.15, 0.2) is 0 Å². The number of carbonyl (C=O) groups is 1. The van der Waals surface area contributed by atoms with Crippen molar-refractivity contribution in [3.63, 3.8) is 0 Å². The molecule has 2 fully saturated rings. The summed E-state index contributed by atoms with van der Waals surface area (Å²) in [5.41, 5.74) is 0. The van der Waals surface area contributed by atoms with Crippen LogP contribution >= 0.6 is 11.3 Å². The SMILES string of the molecule is O=C(N[C@H]1CN2CC[C@@H]1C2)c1ccc([N+](=O)[O-])s1. The fraction of sp³-hybridized carbons (Fsp3) is 0.545. The molecule has 0 aliphatic carbocycles. The van der Waals surface area contributed by atoms with E-state index in [0.717, 1.165) is 37.4 Å². The van der Waals surface area contributed by atoms with Crippen molar-refractivity contribution >= 4 is 22.2 Å². The number of thiophene rings is 1. The van der Waals surface area contributed by atoms with Crippen LogP contribution < -0.4 is 5.32 Å². The Bertz CT molecular complexity index is 501. The van der Waals surface area contributed by atoms with Crippen molar-refractivity contribution in [2.45, 2.75) is 12.5 Å². The molecule has 1 aromatic rings. The van der Waals surface area contributed by atoms with Crippen LogP contribution in [0, 0.1) is 16.0 Å². The molecule has 18 heavy (non-hydrogen) atoms. The molecule has 3 rings (SSSR count). The third-order valence-electron chi connectivity index (χ3n) is 3.64. The van der Waals surface area contributed by atoms with E-state index in [0.29, 0.717) is 10.8 Å². The first kappa shape index (κ1) is 11.6. The van der Waals surface area contributed by atoms with Crippen LogP contribution in [0.15, 0.2) is 12.1 Å². The van der Waals surface area contributed by atoms with E-state index in [1.54, 1.807) is 0 Å². The summed E-state index contributed by atoms with van der Waals surface area (Å²) in [5.74, 6) is 0.357. The zero-order valence-corrected chi connectivity index (χ0v) is 10.5. The number of nitrogens with zero attached hydrogens (tertiary/aromatic N) is 2. The van der Waals surface area contributed by atoms with Crippen molar-refractivity contribution in [2.75, 3.05) is 19.6 Å². The lowest BCUT2D eigenvalue weighted by atomic mass is 10.00. The third kappa shape index (κ3) is 1.99. The zero-order chi connectivity index (χ0) is 12.7. The first-order valence-corrected chi connectivity index (χ1v) is 6.72. The summed E-state index contributed by atoms with van der Waals surface area (Å²) in [6, 6.07) is 3.10. The van der Waals surface area contributed by atoms with Crippen molar-refractivity contribution in [2.24, 2.45) is 5.92 Å². The summed E-state index contributed by atoms with van der Waals surface area (Å²) in [6.07, 6.45) is 1.13. The molecular formula is C11H13N3O3S. The topological polar surface area (TPSA) is 75.5 Å². The van der Waals surface area contributed by atoms with Gasteiger partial charge in [-0.1, -0.05) is 11.3 Å². The van der Waals surface area contributed by atoms with Crippen molar-refractivity contribution < 1.29 is 9.72 Å². The largest absolute Gasteiger partial charge is 0.347 e. The summed E-state index contributed by atoms with van der Waals surface area (Å²) in [6.45, 7) is 3.10. The maximum atomic E-state index is 12.0. The quantitative estimate of drug-likeness (QED) is 0.657. The molecule has 2 bridgehead atoms. The number of hydrogen-bond donors (Lipinski definition) is 1. The predicted octanol–water partition coefficient (Wildman–Crippen LogP) is 1.09. The highest BCUT2D eigenvalue weighted by Gasteiger charge is 2.38. The molecule has 0 spiro atoms. The molecular weight excluding hydrogens is 254 g/mol. The number of nitrogens with one attached hydrogen (secondary N) is 1. The van der Waals surface area contributed by atoms with Gasteiger partial charge in [0.05, 0.1) is 9.80 Å². The molecule has 2 saturated heterocycles. The average molecular weight is 267 g/mol. The number of hydrogen-bond acceptors (Lipinski definition) is 5. The van der Waals surface area contributed by atoms with Gasteiger partial charge in [-0.05, 0) is 24.9 Å². The second-order valence-electron chi connectivity index (χ2n) is 4.78. The molecule has 6 nitrogen and oxygen atoms in total. The summed E-state index contributed by atoms with van der Waals surface area (Å²) in [4.78, 5) is 24.8. The number of fused-ring (bicyclic) bond motifs is 2. The smallest absolute Gasteiger partial charge is 0.324 e. The van der Waals surface area contributed by atoms with Gasteiger partial charge in [0.25, 0.3) is 5.91 Å². The lowest BCUT2D eigenvalue weighted by Crippen LogP contribution is -2.42. The van der Waals surface area contributed by atoms with Crippen LogP contribution in [-0.2, 0) is 0 Å². The standard InChI is InChI=1S/C11H13N3O3S/c15-11(9-1-2-10(18-9)14(16)17)12-8-6-13-4-3-7(8)5-13/h1-2,7-8H,3-6H2,(H,12,15)/t7-,8+/m1/s1. The Labute approximate surface area is 108 Å². The van der Waals surface area contributed by atoms with Gasteiger partial charge in [0.2, 0.25) is 0 Å². The molecule has 2 aliphatic heterocycles. The molecule has 1 amide bonds. The number of carbonyl (C=O) groups excluding carboxylic acids is 1. The fourth-order valence-electron chi connectivity index (χ4n) is 2.73. The van der Waals surface area contributed by atoms with Gasteiger partial charge in [-0.15, -0.1) is 0 Å². The molecule has 0 aromatic carbocycles. The Morgan fingerprint density at radius 3 is 2.89 bits per heavy atom. The minimum atomic E-state index is -0.468. The van der Waals surface area contributed by atoms with E-state index in [9.17, 15) is 14.9 Å². The number of piperidine rings is 1. The lowest BCUT2D eigenvalue weighted by Gasteiger charge is -2.22. The van der Waals surface area contributed by atoms with Crippen LogP contribution in [0.4, 0.5) is 5.00 Å². The average Bonchev–Trinajstić information content (AvgIpc) is 3.04. The molecule has 2 aliphatic rings. The van der Waals surface area contributed by atoms with E-state index in [1.165, 1.54) is 12.1 Å². The van der Waals surface area contributed by atoms with Gasteiger partial charge < -0.3 is 10.2 Å². The molecule has 96 valence electrons. The Morgan fingerprint density at radius 1 is 1.50 bits per heavy atom. The number of nitro groups is 1. The predicted molar refractivity (Wildman–Crippen MR) is 66.8 cm³/mol. The van der Waals surface area contributed by atoms with E-state index >= 15 is 0 Å². The van der Waals surface area contributed by atoms with Crippen LogP contribution in [0.1, 0.15) is 16.1 Å². The summed E-state index contributed by atoms with van der Waals surface area (Å²) >= 11 is 0.928. The van der Waals surface area contributed by atoms with Crippen LogP contribution in [-0.4, -0.2) is 41.4 Å².